The van der Waals surface area contributed by atoms with Gasteiger partial charge in [0.1, 0.15) is 5.15 Å². The maximum absolute atomic E-state index is 12.9. The summed E-state index contributed by atoms with van der Waals surface area (Å²) in [6.07, 6.45) is 3.02. The number of fused-ring (bicyclic) bond motifs is 1. The van der Waals surface area contributed by atoms with E-state index in [9.17, 15) is 13.6 Å². The fourth-order valence-corrected chi connectivity index (χ4v) is 2.98. The van der Waals surface area contributed by atoms with E-state index in [4.69, 9.17) is 16.3 Å². The number of aryl methyl sites for hydroxylation is 1. The number of carbonyl (C=O) groups is 1. The van der Waals surface area contributed by atoms with Crippen molar-refractivity contribution in [2.75, 3.05) is 6.61 Å². The fourth-order valence-electron chi connectivity index (χ4n) is 2.61. The van der Waals surface area contributed by atoms with E-state index in [2.05, 4.69) is 9.97 Å². The summed E-state index contributed by atoms with van der Waals surface area (Å²) >= 11 is 7.05. The van der Waals surface area contributed by atoms with Crippen molar-refractivity contribution in [1.82, 2.24) is 14.9 Å². The van der Waals surface area contributed by atoms with E-state index in [1.807, 2.05) is 0 Å². The summed E-state index contributed by atoms with van der Waals surface area (Å²) in [5.74, 6) is 0.0326. The van der Waals surface area contributed by atoms with Crippen molar-refractivity contribution in [1.29, 1.82) is 0 Å². The number of hydrogen-bond acceptors (Lipinski definition) is 4. The van der Waals surface area contributed by atoms with E-state index < -0.39 is 10.5 Å². The van der Waals surface area contributed by atoms with E-state index in [0.29, 0.717) is 34.9 Å². The van der Waals surface area contributed by atoms with Crippen LogP contribution >= 0.6 is 34.2 Å². The molecule has 0 radical (unpaired) electrons. The molecular formula is C16H13ClF2IN3O2. The molecule has 0 saturated carbocycles. The van der Waals surface area contributed by atoms with E-state index >= 15 is 0 Å². The first kappa shape index (κ1) is 18.2. The summed E-state index contributed by atoms with van der Waals surface area (Å²) in [6, 6.07) is 3.41. The Kier molecular flexibility index (Phi) is 5.10. The predicted molar refractivity (Wildman–Crippen MR) is 96.3 cm³/mol. The van der Waals surface area contributed by atoms with Crippen LogP contribution in [0.25, 0.3) is 0 Å². The average Bonchev–Trinajstić information content (AvgIpc) is 2.84. The highest BCUT2D eigenvalue weighted by Gasteiger charge is 2.30. The molecule has 2 aromatic rings. The first-order valence-corrected chi connectivity index (χ1v) is 8.78. The number of amides is 1. The van der Waals surface area contributed by atoms with Crippen molar-refractivity contribution in [2.24, 2.45) is 0 Å². The molecule has 0 unspecified atom stereocenters. The van der Waals surface area contributed by atoms with Gasteiger partial charge in [-0.25, -0.2) is 9.97 Å². The molecule has 1 amide bonds. The molecule has 132 valence electrons. The first-order valence-electron chi connectivity index (χ1n) is 7.32. The van der Waals surface area contributed by atoms with Crippen LogP contribution in [0.4, 0.5) is 8.78 Å². The molecule has 0 aromatic carbocycles. The summed E-state index contributed by atoms with van der Waals surface area (Å²) in [6.45, 7) is 1.68. The lowest BCUT2D eigenvalue weighted by atomic mass is 10.2. The minimum atomic E-state index is -2.95. The number of pyridine rings is 2. The molecule has 3 rings (SSSR count). The van der Waals surface area contributed by atoms with E-state index in [0.717, 1.165) is 28.2 Å². The standard InChI is InChI=1S/C16H13ClF2IN3O2/c1-9-4-10(5-22-14(9)25-8-16(18,19)20)6-23-7-12-11(15(23)24)2-3-21-13(12)17/h2-5H,6-8H2,1H3. The SMILES string of the molecule is Cc1cc(CN2Cc3c(ccnc3Cl)C2=O)cnc1OCC(F)(F)I. The Balaban J connectivity index is 1.71. The minimum Gasteiger partial charge on any atom is -0.470 e. The number of alkyl halides is 3. The van der Waals surface area contributed by atoms with Gasteiger partial charge in [-0.15, -0.1) is 0 Å². The Bertz CT molecular complexity index is 830. The zero-order valence-corrected chi connectivity index (χ0v) is 16.0. The Morgan fingerprint density at radius 3 is 2.84 bits per heavy atom. The van der Waals surface area contributed by atoms with Crippen LogP contribution in [0.5, 0.6) is 5.88 Å². The summed E-state index contributed by atoms with van der Waals surface area (Å²) in [4.78, 5) is 22.1. The Morgan fingerprint density at radius 1 is 1.44 bits per heavy atom. The number of hydrogen-bond donors (Lipinski definition) is 0. The zero-order valence-electron chi connectivity index (χ0n) is 13.1. The molecule has 25 heavy (non-hydrogen) atoms. The average molecular weight is 480 g/mol. The minimum absolute atomic E-state index is 0.123. The van der Waals surface area contributed by atoms with Crippen LogP contribution in [0.2, 0.25) is 5.15 Å². The monoisotopic (exact) mass is 479 g/mol. The predicted octanol–water partition coefficient (Wildman–Crippen LogP) is 4.00. The summed E-state index contributed by atoms with van der Waals surface area (Å²) in [7, 11) is 0. The smallest absolute Gasteiger partial charge is 0.329 e. The molecule has 0 N–H and O–H groups in total. The van der Waals surface area contributed by atoms with Gasteiger partial charge in [0.2, 0.25) is 5.88 Å². The van der Waals surface area contributed by atoms with Crippen LogP contribution in [-0.2, 0) is 13.1 Å². The van der Waals surface area contributed by atoms with Crippen molar-refractivity contribution in [3.63, 3.8) is 0 Å². The van der Waals surface area contributed by atoms with Gasteiger partial charge in [0.25, 0.3) is 5.91 Å². The maximum Gasteiger partial charge on any atom is 0.329 e. The number of aromatic nitrogens is 2. The van der Waals surface area contributed by atoms with Gasteiger partial charge >= 0.3 is 3.93 Å². The summed E-state index contributed by atoms with van der Waals surface area (Å²) < 4.78 is 27.8. The summed E-state index contributed by atoms with van der Waals surface area (Å²) in [5, 5.41) is 0.325. The van der Waals surface area contributed by atoms with Crippen LogP contribution in [0, 0.1) is 6.92 Å². The maximum atomic E-state index is 12.9. The molecule has 9 heteroatoms. The molecule has 0 saturated heterocycles. The van der Waals surface area contributed by atoms with Crippen LogP contribution in [-0.4, -0.2) is 31.3 Å². The number of halogens is 4. The molecule has 0 fully saturated rings. The second-order valence-corrected chi connectivity index (χ2v) is 7.59. The van der Waals surface area contributed by atoms with E-state index in [-0.39, 0.29) is 11.8 Å². The van der Waals surface area contributed by atoms with Crippen LogP contribution in [0.3, 0.4) is 0 Å². The Morgan fingerprint density at radius 2 is 2.20 bits per heavy atom. The quantitative estimate of drug-likeness (QED) is 0.370. The van der Waals surface area contributed by atoms with Crippen LogP contribution < -0.4 is 4.74 Å². The Hall–Kier alpha value is -1.55. The number of ether oxygens (including phenoxy) is 1. The van der Waals surface area contributed by atoms with Gasteiger partial charge < -0.3 is 9.64 Å². The highest BCUT2D eigenvalue weighted by molar-refractivity contribution is 14.1. The van der Waals surface area contributed by atoms with Gasteiger partial charge in [-0.1, -0.05) is 11.6 Å². The third-order valence-corrected chi connectivity index (χ3v) is 4.34. The van der Waals surface area contributed by atoms with Crippen molar-refractivity contribution in [3.8, 4) is 5.88 Å². The van der Waals surface area contributed by atoms with Gasteiger partial charge in [0.15, 0.2) is 6.61 Å². The first-order chi connectivity index (χ1) is 11.7. The molecule has 1 aliphatic rings. The lowest BCUT2D eigenvalue weighted by Crippen LogP contribution is -2.23. The normalized spacial score (nSPS) is 14.0. The van der Waals surface area contributed by atoms with Crippen molar-refractivity contribution < 1.29 is 18.3 Å². The highest BCUT2D eigenvalue weighted by atomic mass is 127. The molecular weight excluding hydrogens is 467 g/mol. The third-order valence-electron chi connectivity index (χ3n) is 3.70. The van der Waals surface area contributed by atoms with E-state index in [1.165, 1.54) is 12.4 Å². The van der Waals surface area contributed by atoms with Gasteiger partial charge in [0.05, 0.1) is 6.54 Å². The second-order valence-electron chi connectivity index (χ2n) is 5.66. The molecule has 1 aliphatic heterocycles. The number of rotatable bonds is 5. The van der Waals surface area contributed by atoms with Crippen molar-refractivity contribution in [2.45, 2.75) is 23.9 Å². The van der Waals surface area contributed by atoms with Crippen molar-refractivity contribution >= 4 is 40.1 Å². The fraction of sp³-hybridized carbons (Fsp3) is 0.312. The van der Waals surface area contributed by atoms with E-state index in [1.54, 1.807) is 24.0 Å². The molecule has 0 aliphatic carbocycles. The lowest BCUT2D eigenvalue weighted by molar-refractivity contribution is 0.0622. The molecule has 0 bridgehead atoms. The molecule has 0 atom stereocenters. The molecule has 3 heterocycles. The second kappa shape index (κ2) is 6.99. The topological polar surface area (TPSA) is 55.3 Å². The molecule has 0 spiro atoms. The zero-order chi connectivity index (χ0) is 18.2. The van der Waals surface area contributed by atoms with Gasteiger partial charge in [0, 0.05) is 58.2 Å². The van der Waals surface area contributed by atoms with Crippen LogP contribution in [0.1, 0.15) is 27.0 Å². The van der Waals surface area contributed by atoms with Gasteiger partial charge in [-0.3, -0.25) is 4.79 Å². The third kappa shape index (κ3) is 4.17. The van der Waals surface area contributed by atoms with Crippen LogP contribution in [0.15, 0.2) is 24.5 Å². The van der Waals surface area contributed by atoms with Gasteiger partial charge in [-0.2, -0.15) is 8.78 Å². The molecule has 5 nitrogen and oxygen atoms in total. The van der Waals surface area contributed by atoms with Crippen molar-refractivity contribution in [3.05, 3.63) is 51.9 Å². The largest absolute Gasteiger partial charge is 0.470 e. The molecule has 2 aromatic heterocycles. The number of carbonyl (C=O) groups excluding carboxylic acids is 1. The van der Waals surface area contributed by atoms with Gasteiger partial charge in [-0.05, 0) is 24.6 Å². The summed E-state index contributed by atoms with van der Waals surface area (Å²) in [5.41, 5.74) is 2.66. The highest BCUT2D eigenvalue weighted by Crippen LogP contribution is 2.29. The Labute approximate surface area is 161 Å². The lowest BCUT2D eigenvalue weighted by Gasteiger charge is -2.17. The number of nitrogens with zero attached hydrogens (tertiary/aromatic N) is 3.